The number of carbonyl (C=O) groups is 1. The topological polar surface area (TPSA) is 57.1 Å². The van der Waals surface area contributed by atoms with Crippen molar-refractivity contribution < 1.29 is 19.0 Å². The van der Waals surface area contributed by atoms with E-state index >= 15 is 0 Å². The van der Waals surface area contributed by atoms with Crippen molar-refractivity contribution in [1.29, 1.82) is 0 Å². The first-order chi connectivity index (χ1) is 11.6. The predicted molar refractivity (Wildman–Crippen MR) is 89.4 cm³/mol. The number of nitrogens with zero attached hydrogens (tertiary/aromatic N) is 1. The Bertz CT molecular complexity index is 900. The molecular weight excluding hydrogens is 330 g/mol. The zero-order chi connectivity index (χ0) is 16.7. The van der Waals surface area contributed by atoms with Gasteiger partial charge in [-0.1, -0.05) is 29.3 Å². The molecule has 2 heterocycles. The number of hydrogen-bond donors (Lipinski definition) is 0. The van der Waals surface area contributed by atoms with Crippen LogP contribution < -0.4 is 9.47 Å². The van der Waals surface area contributed by atoms with E-state index in [1.54, 1.807) is 18.2 Å². The molecule has 2 aromatic rings. The minimum absolute atomic E-state index is 0.156. The molecule has 6 heteroatoms. The van der Waals surface area contributed by atoms with Gasteiger partial charge in [-0.15, -0.1) is 0 Å². The molecule has 0 amide bonds. The van der Waals surface area contributed by atoms with Gasteiger partial charge >= 0.3 is 5.97 Å². The van der Waals surface area contributed by atoms with Crippen LogP contribution in [-0.4, -0.2) is 18.7 Å². The number of hydrogen-bond acceptors (Lipinski definition) is 5. The fraction of sp³-hybridized carbons (Fsp3) is 0.111. The van der Waals surface area contributed by atoms with Crippen LogP contribution in [0, 0.1) is 6.92 Å². The molecule has 5 nitrogen and oxygen atoms in total. The third kappa shape index (κ3) is 2.63. The quantitative estimate of drug-likeness (QED) is 0.617. The molecule has 0 fully saturated rings. The smallest absolute Gasteiger partial charge is 0.363 e. The van der Waals surface area contributed by atoms with Crippen LogP contribution >= 0.6 is 11.6 Å². The van der Waals surface area contributed by atoms with Gasteiger partial charge in [-0.3, -0.25) is 0 Å². The van der Waals surface area contributed by atoms with Gasteiger partial charge in [-0.2, -0.15) is 0 Å². The number of aryl methyl sites for hydroxylation is 1. The number of carbonyl (C=O) groups excluding carboxylic acids is 1. The van der Waals surface area contributed by atoms with E-state index < -0.39 is 5.97 Å². The maximum atomic E-state index is 12.1. The molecule has 2 aromatic carbocycles. The van der Waals surface area contributed by atoms with Gasteiger partial charge in [0.15, 0.2) is 17.2 Å². The van der Waals surface area contributed by atoms with Crippen molar-refractivity contribution >= 4 is 29.5 Å². The number of aliphatic imine (C=N–C) groups is 1. The van der Waals surface area contributed by atoms with Gasteiger partial charge < -0.3 is 14.2 Å². The van der Waals surface area contributed by atoms with E-state index in [0.29, 0.717) is 22.1 Å². The lowest BCUT2D eigenvalue weighted by molar-refractivity contribution is -0.129. The molecule has 0 spiro atoms. The first-order valence-electron chi connectivity index (χ1n) is 7.29. The van der Waals surface area contributed by atoms with Crippen molar-refractivity contribution in [3.63, 3.8) is 0 Å². The fourth-order valence-electron chi connectivity index (χ4n) is 2.42. The van der Waals surface area contributed by atoms with Crippen molar-refractivity contribution in [3.8, 4) is 11.5 Å². The van der Waals surface area contributed by atoms with Crippen LogP contribution in [0.4, 0.5) is 0 Å². The Labute approximate surface area is 143 Å². The molecule has 0 saturated carbocycles. The second-order valence-corrected chi connectivity index (χ2v) is 5.84. The van der Waals surface area contributed by atoms with Gasteiger partial charge in [0.25, 0.3) is 0 Å². The number of cyclic esters (lactones) is 1. The van der Waals surface area contributed by atoms with Gasteiger partial charge in [-0.05, 0) is 36.8 Å². The van der Waals surface area contributed by atoms with Gasteiger partial charge in [0.05, 0.1) is 5.02 Å². The maximum absolute atomic E-state index is 12.1. The second kappa shape index (κ2) is 5.69. The lowest BCUT2D eigenvalue weighted by Gasteiger charge is -2.01. The highest BCUT2D eigenvalue weighted by atomic mass is 35.5. The lowest BCUT2D eigenvalue weighted by atomic mass is 10.1. The van der Waals surface area contributed by atoms with Crippen molar-refractivity contribution in [2.45, 2.75) is 6.92 Å². The zero-order valence-corrected chi connectivity index (χ0v) is 13.5. The highest BCUT2D eigenvalue weighted by Crippen LogP contribution is 2.37. The molecule has 2 aliphatic heterocycles. The zero-order valence-electron chi connectivity index (χ0n) is 12.7. The normalized spacial score (nSPS) is 17.2. The molecule has 0 saturated heterocycles. The van der Waals surface area contributed by atoms with E-state index in [1.807, 2.05) is 31.2 Å². The third-order valence-electron chi connectivity index (χ3n) is 3.70. The predicted octanol–water partition coefficient (Wildman–Crippen LogP) is 3.72. The van der Waals surface area contributed by atoms with Crippen LogP contribution in [-0.2, 0) is 9.53 Å². The van der Waals surface area contributed by atoms with Crippen LogP contribution in [0.1, 0.15) is 16.7 Å². The molecule has 0 atom stereocenters. The molecule has 4 rings (SSSR count). The molecule has 0 aromatic heterocycles. The second-order valence-electron chi connectivity index (χ2n) is 5.43. The van der Waals surface area contributed by atoms with Crippen LogP contribution in [0.5, 0.6) is 11.5 Å². The first kappa shape index (κ1) is 14.8. The lowest BCUT2D eigenvalue weighted by Crippen LogP contribution is -2.05. The monoisotopic (exact) mass is 341 g/mol. The Kier molecular flexibility index (Phi) is 3.50. The average Bonchev–Trinajstić information content (AvgIpc) is 3.15. The summed E-state index contributed by atoms with van der Waals surface area (Å²) in [5.41, 5.74) is 2.66. The van der Waals surface area contributed by atoms with Gasteiger partial charge in [0, 0.05) is 11.6 Å². The Balaban J connectivity index is 1.70. The minimum Gasteiger partial charge on any atom is -0.454 e. The molecule has 0 N–H and O–H groups in total. The molecule has 0 bridgehead atoms. The van der Waals surface area contributed by atoms with Crippen molar-refractivity contribution in [2.75, 3.05) is 6.79 Å². The number of ether oxygens (including phenoxy) is 3. The summed E-state index contributed by atoms with van der Waals surface area (Å²) in [7, 11) is 0. The summed E-state index contributed by atoms with van der Waals surface area (Å²) < 4.78 is 15.8. The van der Waals surface area contributed by atoms with E-state index in [1.165, 1.54) is 0 Å². The fourth-order valence-corrected chi connectivity index (χ4v) is 2.63. The number of halogens is 1. The summed E-state index contributed by atoms with van der Waals surface area (Å²) in [6.45, 7) is 2.14. The van der Waals surface area contributed by atoms with Crippen LogP contribution in [0.15, 0.2) is 47.1 Å². The van der Waals surface area contributed by atoms with Crippen LogP contribution in [0.2, 0.25) is 5.02 Å². The third-order valence-corrected chi connectivity index (χ3v) is 4.03. The van der Waals surface area contributed by atoms with E-state index in [-0.39, 0.29) is 18.4 Å². The molecule has 120 valence electrons. The van der Waals surface area contributed by atoms with E-state index in [9.17, 15) is 4.79 Å². The Morgan fingerprint density at radius 2 is 1.83 bits per heavy atom. The highest BCUT2D eigenvalue weighted by molar-refractivity contribution is 6.32. The molecule has 24 heavy (non-hydrogen) atoms. The Hall–Kier alpha value is -2.79. The summed E-state index contributed by atoms with van der Waals surface area (Å²) in [5, 5.41) is 0.443. The number of fused-ring (bicyclic) bond motifs is 1. The van der Waals surface area contributed by atoms with Gasteiger partial charge in [0.1, 0.15) is 0 Å². The largest absolute Gasteiger partial charge is 0.454 e. The molecular formula is C18H12ClNO4. The number of rotatable bonds is 2. The summed E-state index contributed by atoms with van der Waals surface area (Å²) in [6, 6.07) is 10.9. The molecule has 0 unspecified atom stereocenters. The summed E-state index contributed by atoms with van der Waals surface area (Å²) in [5.74, 6) is 0.933. The summed E-state index contributed by atoms with van der Waals surface area (Å²) in [6.07, 6.45) is 1.58. The molecule has 0 aliphatic carbocycles. The summed E-state index contributed by atoms with van der Waals surface area (Å²) in [4.78, 5) is 16.3. The van der Waals surface area contributed by atoms with E-state index in [0.717, 1.165) is 11.1 Å². The number of esters is 1. The Morgan fingerprint density at radius 3 is 2.58 bits per heavy atom. The molecule has 2 aliphatic rings. The van der Waals surface area contributed by atoms with Crippen LogP contribution in [0.25, 0.3) is 6.08 Å². The van der Waals surface area contributed by atoms with Crippen molar-refractivity contribution in [3.05, 3.63) is 63.8 Å². The van der Waals surface area contributed by atoms with Crippen molar-refractivity contribution in [2.24, 2.45) is 4.99 Å². The first-order valence-corrected chi connectivity index (χ1v) is 7.67. The van der Waals surface area contributed by atoms with Crippen molar-refractivity contribution in [1.82, 2.24) is 0 Å². The van der Waals surface area contributed by atoms with E-state index in [4.69, 9.17) is 25.8 Å². The van der Waals surface area contributed by atoms with E-state index in [2.05, 4.69) is 4.99 Å². The molecule has 0 radical (unpaired) electrons. The average molecular weight is 342 g/mol. The summed E-state index contributed by atoms with van der Waals surface area (Å²) >= 11 is 6.22. The van der Waals surface area contributed by atoms with Gasteiger partial charge in [0.2, 0.25) is 12.7 Å². The maximum Gasteiger partial charge on any atom is 0.363 e. The van der Waals surface area contributed by atoms with Gasteiger partial charge in [-0.25, -0.2) is 9.79 Å². The minimum atomic E-state index is -0.515. The SMILES string of the molecule is Cc1ccc(C2=NC(=Cc3cc4c(cc3Cl)OCO4)C(=O)O2)cc1. The number of benzene rings is 2. The van der Waals surface area contributed by atoms with Crippen LogP contribution in [0.3, 0.4) is 0 Å². The Morgan fingerprint density at radius 1 is 1.12 bits per heavy atom. The highest BCUT2D eigenvalue weighted by Gasteiger charge is 2.25. The standard InChI is InChI=1S/C18H12ClNO4/c1-10-2-4-11(5-3-10)17-20-14(18(21)24-17)6-12-7-15-16(8-13(12)19)23-9-22-15/h2-8H,9H2,1H3.